The smallest absolute Gasteiger partial charge is 0.0389 e. The van der Waals surface area contributed by atoms with Crippen molar-refractivity contribution in [3.63, 3.8) is 0 Å². The summed E-state index contributed by atoms with van der Waals surface area (Å²) >= 11 is 0. The van der Waals surface area contributed by atoms with Gasteiger partial charge in [-0.3, -0.25) is 4.99 Å². The molecule has 0 aliphatic rings. The van der Waals surface area contributed by atoms with E-state index in [0.29, 0.717) is 0 Å². The molecule has 0 rings (SSSR count). The van der Waals surface area contributed by atoms with E-state index in [4.69, 9.17) is 0 Å². The van der Waals surface area contributed by atoms with Crippen molar-refractivity contribution in [2.24, 2.45) is 4.99 Å². The first-order chi connectivity index (χ1) is 5.81. The van der Waals surface area contributed by atoms with Crippen LogP contribution in [-0.2, 0) is 0 Å². The number of hydrogen-bond acceptors (Lipinski definition) is 1. The second kappa shape index (κ2) is 8.25. The van der Waals surface area contributed by atoms with Crippen molar-refractivity contribution in [2.75, 3.05) is 6.54 Å². The van der Waals surface area contributed by atoms with Crippen LogP contribution in [0.5, 0.6) is 0 Å². The third kappa shape index (κ3) is 7.26. The molecule has 0 radical (unpaired) electrons. The van der Waals surface area contributed by atoms with Crippen LogP contribution in [0.3, 0.4) is 0 Å². The lowest BCUT2D eigenvalue weighted by Crippen LogP contribution is -1.83. The van der Waals surface area contributed by atoms with Crippen molar-refractivity contribution in [1.29, 1.82) is 0 Å². The molecule has 1 heteroatoms. The van der Waals surface area contributed by atoms with Crippen LogP contribution < -0.4 is 0 Å². The average molecular weight is 165 g/mol. The van der Waals surface area contributed by atoms with Gasteiger partial charge in [-0.1, -0.05) is 45.4 Å². The van der Waals surface area contributed by atoms with Gasteiger partial charge in [0.05, 0.1) is 0 Å². The molecule has 1 nitrogen and oxygen atoms in total. The zero-order valence-corrected chi connectivity index (χ0v) is 8.05. The highest BCUT2D eigenvalue weighted by molar-refractivity contribution is 5.80. The van der Waals surface area contributed by atoms with Crippen LogP contribution in [0.4, 0.5) is 0 Å². The molecule has 0 aliphatic heterocycles. The van der Waals surface area contributed by atoms with E-state index in [1.54, 1.807) is 12.3 Å². The second-order valence-corrected chi connectivity index (χ2v) is 2.87. The number of nitrogens with zero attached hydrogens (tertiary/aromatic N) is 1. The zero-order valence-electron chi connectivity index (χ0n) is 8.05. The van der Waals surface area contributed by atoms with E-state index in [1.165, 1.54) is 25.7 Å². The van der Waals surface area contributed by atoms with E-state index in [2.05, 4.69) is 25.1 Å². The highest BCUT2D eigenvalue weighted by Crippen LogP contribution is 1.98. The lowest BCUT2D eigenvalue weighted by molar-refractivity contribution is 0.676. The van der Waals surface area contributed by atoms with Gasteiger partial charge in [0.15, 0.2) is 0 Å². The van der Waals surface area contributed by atoms with Crippen molar-refractivity contribution in [2.45, 2.75) is 32.6 Å². The Morgan fingerprint density at radius 3 is 2.67 bits per heavy atom. The molecule has 0 spiro atoms. The molecule has 68 valence electrons. The van der Waals surface area contributed by atoms with Crippen LogP contribution >= 0.6 is 0 Å². The molecular formula is C11H19N. The summed E-state index contributed by atoms with van der Waals surface area (Å²) < 4.78 is 0. The summed E-state index contributed by atoms with van der Waals surface area (Å²) in [4.78, 5) is 4.22. The average Bonchev–Trinajstić information content (AvgIpc) is 2.10. The van der Waals surface area contributed by atoms with E-state index < -0.39 is 0 Å². The molecule has 0 unspecified atom stereocenters. The minimum Gasteiger partial charge on any atom is -0.293 e. The van der Waals surface area contributed by atoms with E-state index in [9.17, 15) is 0 Å². The quantitative estimate of drug-likeness (QED) is 0.311. The highest BCUT2D eigenvalue weighted by atomic mass is 14.7. The molecule has 0 fully saturated rings. The number of unbranched alkanes of at least 4 members (excludes halogenated alkanes) is 3. The van der Waals surface area contributed by atoms with E-state index in [-0.39, 0.29) is 0 Å². The molecule has 0 amide bonds. The van der Waals surface area contributed by atoms with Gasteiger partial charge in [-0.15, -0.1) is 0 Å². The van der Waals surface area contributed by atoms with Crippen LogP contribution in [-0.4, -0.2) is 12.8 Å². The predicted octanol–water partition coefficient (Wildman–Crippen LogP) is 3.38. The first kappa shape index (κ1) is 11.2. The van der Waals surface area contributed by atoms with Crippen LogP contribution in [0.25, 0.3) is 0 Å². The molecule has 0 heterocycles. The maximum Gasteiger partial charge on any atom is 0.0389 e. The van der Waals surface area contributed by atoms with Gasteiger partial charge in [0.1, 0.15) is 0 Å². The van der Waals surface area contributed by atoms with Gasteiger partial charge in [0.25, 0.3) is 0 Å². The lowest BCUT2D eigenvalue weighted by atomic mass is 10.2. The summed E-state index contributed by atoms with van der Waals surface area (Å²) in [5.74, 6) is 0. The molecule has 0 aromatic rings. The molecule has 0 bridgehead atoms. The summed E-state index contributed by atoms with van der Waals surface area (Å²) in [6.45, 7) is 10.5. The SMILES string of the molecule is C=CC(=C)C=NCCCCCC. The number of hydrogen-bond donors (Lipinski definition) is 0. The molecule has 0 atom stereocenters. The van der Waals surface area contributed by atoms with Crippen molar-refractivity contribution in [1.82, 2.24) is 0 Å². The summed E-state index contributed by atoms with van der Waals surface area (Å²) in [7, 11) is 0. The summed E-state index contributed by atoms with van der Waals surface area (Å²) in [5.41, 5.74) is 0.894. The number of aliphatic imine (C=N–C) groups is 1. The standard InChI is InChI=1S/C11H19N/c1-4-6-7-8-9-12-10-11(3)5-2/h5,10H,2-4,6-9H2,1H3. The second-order valence-electron chi connectivity index (χ2n) is 2.87. The Kier molecular flexibility index (Phi) is 7.66. The van der Waals surface area contributed by atoms with Crippen molar-refractivity contribution in [3.8, 4) is 0 Å². The summed E-state index contributed by atoms with van der Waals surface area (Å²) in [5, 5.41) is 0. The minimum atomic E-state index is 0.894. The van der Waals surface area contributed by atoms with Gasteiger partial charge in [0, 0.05) is 12.8 Å². The van der Waals surface area contributed by atoms with Gasteiger partial charge in [-0.2, -0.15) is 0 Å². The Morgan fingerprint density at radius 1 is 1.33 bits per heavy atom. The maximum atomic E-state index is 4.22. The van der Waals surface area contributed by atoms with E-state index in [0.717, 1.165) is 12.1 Å². The largest absolute Gasteiger partial charge is 0.293 e. The van der Waals surface area contributed by atoms with Crippen molar-refractivity contribution >= 4 is 6.21 Å². The molecule has 0 aliphatic carbocycles. The Morgan fingerprint density at radius 2 is 2.08 bits per heavy atom. The van der Waals surface area contributed by atoms with Crippen LogP contribution in [0.15, 0.2) is 29.8 Å². The first-order valence-corrected chi connectivity index (χ1v) is 4.62. The topological polar surface area (TPSA) is 12.4 Å². The monoisotopic (exact) mass is 165 g/mol. The molecule has 0 aromatic heterocycles. The zero-order chi connectivity index (χ0) is 9.23. The maximum absolute atomic E-state index is 4.22. The summed E-state index contributed by atoms with van der Waals surface area (Å²) in [6, 6.07) is 0. The fourth-order valence-corrected chi connectivity index (χ4v) is 0.864. The number of allylic oxidation sites excluding steroid dienone is 2. The van der Waals surface area contributed by atoms with Gasteiger partial charge in [0.2, 0.25) is 0 Å². The fourth-order valence-electron chi connectivity index (χ4n) is 0.864. The lowest BCUT2D eigenvalue weighted by Gasteiger charge is -1.94. The highest BCUT2D eigenvalue weighted by Gasteiger charge is 1.84. The normalized spacial score (nSPS) is 10.4. The summed E-state index contributed by atoms with van der Waals surface area (Å²) in [6.07, 6.45) is 8.58. The van der Waals surface area contributed by atoms with Crippen LogP contribution in [0.1, 0.15) is 32.6 Å². The molecule has 0 N–H and O–H groups in total. The Labute approximate surface area is 75.9 Å². The molecule has 12 heavy (non-hydrogen) atoms. The van der Waals surface area contributed by atoms with E-state index in [1.807, 2.05) is 0 Å². The van der Waals surface area contributed by atoms with Gasteiger partial charge in [-0.05, 0) is 12.0 Å². The minimum absolute atomic E-state index is 0.894. The van der Waals surface area contributed by atoms with Gasteiger partial charge in [-0.25, -0.2) is 0 Å². The Balaban J connectivity index is 3.24. The Bertz CT molecular complexity index is 156. The predicted molar refractivity (Wildman–Crippen MR) is 56.8 cm³/mol. The molecule has 0 aromatic carbocycles. The Hall–Kier alpha value is -0.850. The molecule has 0 saturated heterocycles. The molecule has 0 saturated carbocycles. The van der Waals surface area contributed by atoms with Crippen LogP contribution in [0, 0.1) is 0 Å². The third-order valence-electron chi connectivity index (χ3n) is 1.66. The van der Waals surface area contributed by atoms with Crippen molar-refractivity contribution < 1.29 is 0 Å². The van der Waals surface area contributed by atoms with Crippen LogP contribution in [0.2, 0.25) is 0 Å². The van der Waals surface area contributed by atoms with Gasteiger partial charge < -0.3 is 0 Å². The van der Waals surface area contributed by atoms with Gasteiger partial charge >= 0.3 is 0 Å². The van der Waals surface area contributed by atoms with E-state index >= 15 is 0 Å². The van der Waals surface area contributed by atoms with Crippen molar-refractivity contribution in [3.05, 3.63) is 24.8 Å². The fraction of sp³-hybridized carbons (Fsp3) is 0.545. The number of rotatable bonds is 7. The molecular weight excluding hydrogens is 146 g/mol. The third-order valence-corrected chi connectivity index (χ3v) is 1.66. The first-order valence-electron chi connectivity index (χ1n) is 4.62.